The molecule has 0 aliphatic carbocycles. The Kier molecular flexibility index (Phi) is 2.49. The molecule has 0 aliphatic heterocycles. The van der Waals surface area contributed by atoms with Crippen molar-refractivity contribution in [2.24, 2.45) is 0 Å². The highest BCUT2D eigenvalue weighted by atomic mass is 15.1. The zero-order valence-corrected chi connectivity index (χ0v) is 9.54. The Morgan fingerprint density at radius 1 is 1.06 bits per heavy atom. The number of hydrogen-bond donors (Lipinski definition) is 2. The summed E-state index contributed by atoms with van der Waals surface area (Å²) in [6.07, 6.45) is 3.37. The second-order valence-electron chi connectivity index (χ2n) is 3.84. The first-order valence-electron chi connectivity index (χ1n) is 5.51. The van der Waals surface area contributed by atoms with Crippen LogP contribution in [0.2, 0.25) is 0 Å². The van der Waals surface area contributed by atoms with Crippen molar-refractivity contribution in [1.82, 2.24) is 15.0 Å². The van der Waals surface area contributed by atoms with Gasteiger partial charge in [0, 0.05) is 11.6 Å². The minimum Gasteiger partial charge on any atom is -0.368 e. The molecule has 88 valence electrons. The van der Waals surface area contributed by atoms with Crippen LogP contribution < -0.4 is 11.1 Å². The zero-order valence-electron chi connectivity index (χ0n) is 9.54. The summed E-state index contributed by atoms with van der Waals surface area (Å²) >= 11 is 0. The molecular weight excluding hydrogens is 226 g/mol. The maximum Gasteiger partial charge on any atom is 0.221 e. The minimum atomic E-state index is 0.244. The smallest absolute Gasteiger partial charge is 0.221 e. The number of pyridine rings is 1. The molecule has 0 fully saturated rings. The van der Waals surface area contributed by atoms with E-state index in [0.29, 0.717) is 5.82 Å². The molecule has 0 atom stereocenters. The molecule has 5 nitrogen and oxygen atoms in total. The van der Waals surface area contributed by atoms with Gasteiger partial charge in [-0.2, -0.15) is 4.98 Å². The Morgan fingerprint density at radius 2 is 1.94 bits per heavy atom. The van der Waals surface area contributed by atoms with Crippen molar-refractivity contribution < 1.29 is 0 Å². The van der Waals surface area contributed by atoms with Gasteiger partial charge < -0.3 is 11.1 Å². The quantitative estimate of drug-likeness (QED) is 0.715. The predicted octanol–water partition coefficient (Wildman–Crippen LogP) is 2.35. The van der Waals surface area contributed by atoms with Gasteiger partial charge in [-0.15, -0.1) is 0 Å². The van der Waals surface area contributed by atoms with Crippen LogP contribution in [0.5, 0.6) is 0 Å². The number of hydrogen-bond acceptors (Lipinski definition) is 5. The van der Waals surface area contributed by atoms with Gasteiger partial charge in [0.05, 0.1) is 17.4 Å². The SMILES string of the molecule is Nc1nccc(Nc2cnc3ccccc3c2)n1. The summed E-state index contributed by atoms with van der Waals surface area (Å²) in [5.41, 5.74) is 7.36. The largest absolute Gasteiger partial charge is 0.368 e. The van der Waals surface area contributed by atoms with E-state index in [9.17, 15) is 0 Å². The fraction of sp³-hybridized carbons (Fsp3) is 0. The van der Waals surface area contributed by atoms with E-state index in [2.05, 4.69) is 20.3 Å². The Labute approximate surface area is 104 Å². The molecule has 0 amide bonds. The van der Waals surface area contributed by atoms with Crippen LogP contribution in [0.15, 0.2) is 48.8 Å². The minimum absolute atomic E-state index is 0.244. The standard InChI is InChI=1S/C13H11N5/c14-13-15-6-5-12(18-13)17-10-7-9-3-1-2-4-11(9)16-8-10/h1-8H,(H3,14,15,17,18). The average molecular weight is 237 g/mol. The molecule has 0 unspecified atom stereocenters. The highest BCUT2D eigenvalue weighted by Gasteiger charge is 1.99. The Bertz CT molecular complexity index is 696. The Morgan fingerprint density at radius 3 is 2.83 bits per heavy atom. The third-order valence-electron chi connectivity index (χ3n) is 2.54. The van der Waals surface area contributed by atoms with Gasteiger partial charge in [0.15, 0.2) is 0 Å². The summed E-state index contributed by atoms with van der Waals surface area (Å²) in [4.78, 5) is 12.3. The van der Waals surface area contributed by atoms with E-state index in [1.54, 1.807) is 18.5 Å². The van der Waals surface area contributed by atoms with Crippen LogP contribution in [0.3, 0.4) is 0 Å². The summed E-state index contributed by atoms with van der Waals surface area (Å²) < 4.78 is 0. The van der Waals surface area contributed by atoms with Gasteiger partial charge in [-0.25, -0.2) is 4.98 Å². The number of benzene rings is 1. The molecule has 2 aromatic heterocycles. The molecule has 5 heteroatoms. The van der Waals surface area contributed by atoms with E-state index in [4.69, 9.17) is 5.73 Å². The lowest BCUT2D eigenvalue weighted by molar-refractivity contribution is 1.18. The maximum atomic E-state index is 5.52. The van der Waals surface area contributed by atoms with Crippen LogP contribution in [0.4, 0.5) is 17.5 Å². The lowest BCUT2D eigenvalue weighted by Gasteiger charge is -2.06. The van der Waals surface area contributed by atoms with Crippen molar-refractivity contribution in [3.8, 4) is 0 Å². The van der Waals surface area contributed by atoms with Gasteiger partial charge in [0.2, 0.25) is 5.95 Å². The van der Waals surface area contributed by atoms with Crippen molar-refractivity contribution in [3.05, 3.63) is 48.8 Å². The van der Waals surface area contributed by atoms with Crippen molar-refractivity contribution in [2.75, 3.05) is 11.1 Å². The molecule has 3 N–H and O–H groups in total. The van der Waals surface area contributed by atoms with Crippen molar-refractivity contribution >= 4 is 28.4 Å². The fourth-order valence-electron chi connectivity index (χ4n) is 1.73. The first-order valence-corrected chi connectivity index (χ1v) is 5.51. The second-order valence-corrected chi connectivity index (χ2v) is 3.84. The van der Waals surface area contributed by atoms with Crippen molar-refractivity contribution in [2.45, 2.75) is 0 Å². The van der Waals surface area contributed by atoms with Crippen molar-refractivity contribution in [1.29, 1.82) is 0 Å². The molecule has 0 spiro atoms. The number of fused-ring (bicyclic) bond motifs is 1. The third-order valence-corrected chi connectivity index (χ3v) is 2.54. The van der Waals surface area contributed by atoms with E-state index >= 15 is 0 Å². The lowest BCUT2D eigenvalue weighted by Crippen LogP contribution is -1.99. The molecule has 3 rings (SSSR count). The van der Waals surface area contributed by atoms with Crippen LogP contribution in [-0.4, -0.2) is 15.0 Å². The predicted molar refractivity (Wildman–Crippen MR) is 71.5 cm³/mol. The second kappa shape index (κ2) is 4.29. The van der Waals surface area contributed by atoms with Gasteiger partial charge in [-0.1, -0.05) is 18.2 Å². The summed E-state index contributed by atoms with van der Waals surface area (Å²) in [6, 6.07) is 11.7. The number of aromatic nitrogens is 3. The molecule has 0 saturated heterocycles. The third kappa shape index (κ3) is 2.06. The van der Waals surface area contributed by atoms with Gasteiger partial charge in [0.25, 0.3) is 0 Å². The van der Waals surface area contributed by atoms with E-state index in [-0.39, 0.29) is 5.95 Å². The number of nitrogen functional groups attached to an aromatic ring is 1. The molecular formula is C13H11N5. The first kappa shape index (κ1) is 10.5. The average Bonchev–Trinajstić information content (AvgIpc) is 2.39. The van der Waals surface area contributed by atoms with Crippen LogP contribution in [0, 0.1) is 0 Å². The molecule has 0 radical (unpaired) electrons. The van der Waals surface area contributed by atoms with Gasteiger partial charge in [0.1, 0.15) is 5.82 Å². The normalized spacial score (nSPS) is 10.4. The maximum absolute atomic E-state index is 5.52. The highest BCUT2D eigenvalue weighted by Crippen LogP contribution is 2.19. The van der Waals surface area contributed by atoms with E-state index < -0.39 is 0 Å². The number of para-hydroxylation sites is 1. The zero-order chi connectivity index (χ0) is 12.4. The molecule has 0 saturated carbocycles. The van der Waals surface area contributed by atoms with Crippen LogP contribution in [0.25, 0.3) is 10.9 Å². The molecule has 1 aromatic carbocycles. The monoisotopic (exact) mass is 237 g/mol. The topological polar surface area (TPSA) is 76.7 Å². The number of rotatable bonds is 2. The summed E-state index contributed by atoms with van der Waals surface area (Å²) in [5, 5.41) is 4.22. The summed E-state index contributed by atoms with van der Waals surface area (Å²) in [7, 11) is 0. The van der Waals surface area contributed by atoms with Gasteiger partial charge in [-0.3, -0.25) is 4.98 Å². The van der Waals surface area contributed by atoms with Crippen molar-refractivity contribution in [3.63, 3.8) is 0 Å². The fourth-order valence-corrected chi connectivity index (χ4v) is 1.73. The van der Waals surface area contributed by atoms with E-state index in [1.165, 1.54) is 0 Å². The Hall–Kier alpha value is -2.69. The molecule has 3 aromatic rings. The van der Waals surface area contributed by atoms with Crippen LogP contribution in [0.1, 0.15) is 0 Å². The number of nitrogens with zero attached hydrogens (tertiary/aromatic N) is 3. The van der Waals surface area contributed by atoms with Gasteiger partial charge >= 0.3 is 0 Å². The van der Waals surface area contributed by atoms with E-state index in [0.717, 1.165) is 16.6 Å². The summed E-state index contributed by atoms with van der Waals surface area (Å²) in [5.74, 6) is 0.897. The highest BCUT2D eigenvalue weighted by molar-refractivity contribution is 5.82. The van der Waals surface area contributed by atoms with Crippen LogP contribution in [-0.2, 0) is 0 Å². The lowest BCUT2D eigenvalue weighted by atomic mass is 10.2. The van der Waals surface area contributed by atoms with E-state index in [1.807, 2.05) is 30.3 Å². The number of nitrogens with one attached hydrogen (secondary N) is 1. The van der Waals surface area contributed by atoms with Crippen LogP contribution >= 0.6 is 0 Å². The molecule has 2 heterocycles. The summed E-state index contributed by atoms with van der Waals surface area (Å²) in [6.45, 7) is 0. The first-order chi connectivity index (χ1) is 8.81. The van der Waals surface area contributed by atoms with Gasteiger partial charge in [-0.05, 0) is 18.2 Å². The molecule has 0 aliphatic rings. The number of nitrogens with two attached hydrogens (primary N) is 1. The number of anilines is 3. The molecule has 18 heavy (non-hydrogen) atoms. The molecule has 0 bridgehead atoms. The Balaban J connectivity index is 1.95.